The number of amides is 1. The minimum atomic E-state index is -0.327. The first-order valence-corrected chi connectivity index (χ1v) is 8.80. The van der Waals surface area contributed by atoms with Crippen LogP contribution in [-0.4, -0.2) is 34.7 Å². The van der Waals surface area contributed by atoms with Gasteiger partial charge in [-0.05, 0) is 45.6 Å². The molecule has 0 fully saturated rings. The minimum absolute atomic E-state index is 0.0212. The van der Waals surface area contributed by atoms with Gasteiger partial charge in [0.1, 0.15) is 6.04 Å². The van der Waals surface area contributed by atoms with Gasteiger partial charge in [-0.25, -0.2) is 0 Å². The van der Waals surface area contributed by atoms with Crippen LogP contribution in [0.4, 0.5) is 0 Å². The molecule has 1 atom stereocenters. The summed E-state index contributed by atoms with van der Waals surface area (Å²) in [4.78, 5) is 14.8. The second-order valence-electron chi connectivity index (χ2n) is 7.09. The van der Waals surface area contributed by atoms with E-state index in [4.69, 9.17) is 0 Å². The molecular weight excluding hydrogens is 324 g/mol. The first kappa shape index (κ1) is 18.1. The van der Waals surface area contributed by atoms with Crippen LogP contribution in [0.15, 0.2) is 42.5 Å². The zero-order chi connectivity index (χ0) is 18.8. The molecule has 5 nitrogen and oxygen atoms in total. The Balaban J connectivity index is 1.82. The quantitative estimate of drug-likeness (QED) is 0.769. The van der Waals surface area contributed by atoms with Gasteiger partial charge in [-0.3, -0.25) is 14.4 Å². The van der Waals surface area contributed by atoms with Gasteiger partial charge in [-0.15, -0.1) is 0 Å². The molecule has 3 aromatic rings. The number of benzene rings is 2. The summed E-state index contributed by atoms with van der Waals surface area (Å²) < 4.78 is 1.86. The smallest absolute Gasteiger partial charge is 0.242 e. The number of nitrogens with one attached hydrogen (secondary N) is 1. The molecule has 26 heavy (non-hydrogen) atoms. The predicted molar refractivity (Wildman–Crippen MR) is 105 cm³/mol. The molecule has 0 aliphatic heterocycles. The number of likely N-dealkylation sites (N-methyl/N-ethyl adjacent to an activating group) is 1. The van der Waals surface area contributed by atoms with Crippen molar-refractivity contribution in [2.45, 2.75) is 26.4 Å². The Hall–Kier alpha value is -2.66. The van der Waals surface area contributed by atoms with E-state index >= 15 is 0 Å². The van der Waals surface area contributed by atoms with Crippen LogP contribution in [0.25, 0.3) is 10.9 Å². The van der Waals surface area contributed by atoms with Gasteiger partial charge in [-0.1, -0.05) is 41.5 Å². The van der Waals surface area contributed by atoms with Crippen LogP contribution >= 0.6 is 0 Å². The van der Waals surface area contributed by atoms with E-state index in [1.807, 2.05) is 55.8 Å². The Morgan fingerprint density at radius 1 is 1.15 bits per heavy atom. The summed E-state index contributed by atoms with van der Waals surface area (Å²) in [5, 5.41) is 8.74. The number of carbonyl (C=O) groups excluding carboxylic acids is 1. The van der Waals surface area contributed by atoms with Gasteiger partial charge in [0, 0.05) is 12.4 Å². The molecule has 1 heterocycles. The van der Waals surface area contributed by atoms with Gasteiger partial charge in [0.05, 0.1) is 17.8 Å². The lowest BCUT2D eigenvalue weighted by Gasteiger charge is -2.24. The summed E-state index contributed by atoms with van der Waals surface area (Å²) in [5.41, 5.74) is 5.29. The summed E-state index contributed by atoms with van der Waals surface area (Å²) in [6.07, 6.45) is 0. The van der Waals surface area contributed by atoms with Crippen molar-refractivity contribution in [2.75, 3.05) is 14.1 Å². The first-order valence-electron chi connectivity index (χ1n) is 8.80. The Labute approximate surface area is 154 Å². The van der Waals surface area contributed by atoms with Crippen molar-refractivity contribution in [3.8, 4) is 0 Å². The number of aromatic nitrogens is 2. The molecule has 0 bridgehead atoms. The van der Waals surface area contributed by atoms with Crippen molar-refractivity contribution < 1.29 is 4.79 Å². The van der Waals surface area contributed by atoms with Crippen LogP contribution in [0.5, 0.6) is 0 Å². The van der Waals surface area contributed by atoms with Gasteiger partial charge in [0.2, 0.25) is 5.91 Å². The van der Waals surface area contributed by atoms with Gasteiger partial charge >= 0.3 is 0 Å². The van der Waals surface area contributed by atoms with E-state index in [1.165, 1.54) is 5.56 Å². The number of hydrogen-bond acceptors (Lipinski definition) is 3. The van der Waals surface area contributed by atoms with Crippen molar-refractivity contribution in [1.82, 2.24) is 20.0 Å². The SMILES string of the molecule is Cc1cccc([C@@H](C(=O)NCc2nn(C)c3ccc(C)cc23)N(C)C)c1. The van der Waals surface area contributed by atoms with E-state index in [0.29, 0.717) is 6.54 Å². The monoisotopic (exact) mass is 350 g/mol. The predicted octanol–water partition coefficient (Wildman–Crippen LogP) is 3.11. The highest BCUT2D eigenvalue weighted by Gasteiger charge is 2.23. The summed E-state index contributed by atoms with van der Waals surface area (Å²) in [5.74, 6) is -0.0212. The van der Waals surface area contributed by atoms with Crippen LogP contribution in [0, 0.1) is 13.8 Å². The number of rotatable bonds is 5. The summed E-state index contributed by atoms with van der Waals surface area (Å²) in [6, 6.07) is 14.0. The standard InChI is InChI=1S/C21H26N4O/c1-14-7-6-8-16(11-14)20(24(3)4)21(26)22-13-18-17-12-15(2)9-10-19(17)25(5)23-18/h6-12,20H,13H2,1-5H3,(H,22,26)/t20-/m0/s1. The molecule has 0 unspecified atom stereocenters. The fourth-order valence-corrected chi connectivity index (χ4v) is 3.37. The maximum absolute atomic E-state index is 12.9. The topological polar surface area (TPSA) is 50.2 Å². The molecule has 2 aromatic carbocycles. The second kappa shape index (κ2) is 7.30. The van der Waals surface area contributed by atoms with Crippen molar-refractivity contribution >= 4 is 16.8 Å². The van der Waals surface area contributed by atoms with E-state index < -0.39 is 0 Å². The summed E-state index contributed by atoms with van der Waals surface area (Å²) in [7, 11) is 5.77. The number of hydrogen-bond donors (Lipinski definition) is 1. The molecule has 0 aliphatic rings. The first-order chi connectivity index (χ1) is 12.4. The molecule has 5 heteroatoms. The molecule has 136 valence electrons. The van der Waals surface area contributed by atoms with Crippen molar-refractivity contribution in [3.63, 3.8) is 0 Å². The third-order valence-corrected chi connectivity index (χ3v) is 4.63. The van der Waals surface area contributed by atoms with E-state index in [9.17, 15) is 4.79 Å². The molecule has 1 amide bonds. The average Bonchev–Trinajstić information content (AvgIpc) is 2.88. The van der Waals surface area contributed by atoms with Crippen LogP contribution < -0.4 is 5.32 Å². The number of aryl methyl sites for hydroxylation is 3. The molecule has 0 saturated heterocycles. The van der Waals surface area contributed by atoms with Crippen LogP contribution in [0.2, 0.25) is 0 Å². The van der Waals surface area contributed by atoms with E-state index in [2.05, 4.69) is 41.6 Å². The fourth-order valence-electron chi connectivity index (χ4n) is 3.37. The lowest BCUT2D eigenvalue weighted by molar-refractivity contribution is -0.125. The van der Waals surface area contributed by atoms with Gasteiger partial charge in [0.25, 0.3) is 0 Å². The third kappa shape index (κ3) is 3.63. The molecular formula is C21H26N4O. The van der Waals surface area contributed by atoms with Crippen LogP contribution in [-0.2, 0) is 18.4 Å². The van der Waals surface area contributed by atoms with E-state index in [-0.39, 0.29) is 11.9 Å². The fraction of sp³-hybridized carbons (Fsp3) is 0.333. The maximum atomic E-state index is 12.9. The van der Waals surface area contributed by atoms with Crippen molar-refractivity contribution in [1.29, 1.82) is 0 Å². The molecule has 1 aromatic heterocycles. The van der Waals surface area contributed by atoms with Gasteiger partial charge in [0.15, 0.2) is 0 Å². The van der Waals surface area contributed by atoms with E-state index in [0.717, 1.165) is 27.7 Å². The highest BCUT2D eigenvalue weighted by Crippen LogP contribution is 2.22. The Morgan fingerprint density at radius 3 is 2.58 bits per heavy atom. The van der Waals surface area contributed by atoms with Gasteiger partial charge in [-0.2, -0.15) is 5.10 Å². The minimum Gasteiger partial charge on any atom is -0.349 e. The largest absolute Gasteiger partial charge is 0.349 e. The summed E-state index contributed by atoms with van der Waals surface area (Å²) >= 11 is 0. The zero-order valence-corrected chi connectivity index (χ0v) is 16.1. The van der Waals surface area contributed by atoms with Gasteiger partial charge < -0.3 is 5.32 Å². The molecule has 0 aliphatic carbocycles. The normalized spacial score (nSPS) is 12.5. The number of carbonyl (C=O) groups is 1. The highest BCUT2D eigenvalue weighted by atomic mass is 16.2. The lowest BCUT2D eigenvalue weighted by Crippen LogP contribution is -2.36. The van der Waals surface area contributed by atoms with Crippen LogP contribution in [0.1, 0.15) is 28.4 Å². The van der Waals surface area contributed by atoms with Crippen molar-refractivity contribution in [2.24, 2.45) is 7.05 Å². The number of nitrogens with zero attached hydrogens (tertiary/aromatic N) is 3. The maximum Gasteiger partial charge on any atom is 0.242 e. The molecule has 0 spiro atoms. The Morgan fingerprint density at radius 2 is 1.88 bits per heavy atom. The molecule has 3 rings (SSSR count). The Bertz CT molecular complexity index is 942. The average molecular weight is 350 g/mol. The zero-order valence-electron chi connectivity index (χ0n) is 16.1. The third-order valence-electron chi connectivity index (χ3n) is 4.63. The Kier molecular flexibility index (Phi) is 5.09. The van der Waals surface area contributed by atoms with Crippen molar-refractivity contribution in [3.05, 3.63) is 64.8 Å². The molecule has 1 N–H and O–H groups in total. The van der Waals surface area contributed by atoms with Crippen LogP contribution in [0.3, 0.4) is 0 Å². The molecule has 0 saturated carbocycles. The summed E-state index contributed by atoms with van der Waals surface area (Å²) in [6.45, 7) is 4.51. The lowest BCUT2D eigenvalue weighted by atomic mass is 10.0. The number of fused-ring (bicyclic) bond motifs is 1. The van der Waals surface area contributed by atoms with E-state index in [1.54, 1.807) is 0 Å². The highest BCUT2D eigenvalue weighted by molar-refractivity contribution is 5.85. The molecule has 0 radical (unpaired) electrons. The second-order valence-corrected chi connectivity index (χ2v) is 7.09.